The van der Waals surface area contributed by atoms with Gasteiger partial charge in [-0.15, -0.1) is 0 Å². The van der Waals surface area contributed by atoms with Crippen molar-refractivity contribution in [3.8, 4) is 0 Å². The van der Waals surface area contributed by atoms with E-state index >= 15 is 0 Å². The molecule has 0 bridgehead atoms. The van der Waals surface area contributed by atoms with E-state index in [1.165, 1.54) is 25.1 Å². The quantitative estimate of drug-likeness (QED) is 0.625. The lowest BCUT2D eigenvalue weighted by atomic mass is 9.73. The van der Waals surface area contributed by atoms with E-state index in [0.29, 0.717) is 23.2 Å². The molecule has 2 aliphatic rings. The first-order valence-corrected chi connectivity index (χ1v) is 7.83. The number of anilines is 1. The minimum Gasteiger partial charge on any atom is -0.359 e. The maximum atomic E-state index is 13.9. The Bertz CT molecular complexity index is 890. The molecule has 0 N–H and O–H groups in total. The number of benzene rings is 2. The average molecular weight is 321 g/mol. The molecule has 0 aromatic heterocycles. The second-order valence-electron chi connectivity index (χ2n) is 6.39. The first kappa shape index (κ1) is 14.8. The van der Waals surface area contributed by atoms with Gasteiger partial charge in [0.05, 0.1) is 6.04 Å². The molecule has 0 radical (unpaired) electrons. The van der Waals surface area contributed by atoms with E-state index in [4.69, 9.17) is 0 Å². The van der Waals surface area contributed by atoms with Crippen LogP contribution in [0.2, 0.25) is 0 Å². The van der Waals surface area contributed by atoms with Gasteiger partial charge in [0.2, 0.25) is 0 Å². The van der Waals surface area contributed by atoms with Crippen molar-refractivity contribution in [2.24, 2.45) is 5.41 Å². The zero-order valence-corrected chi connectivity index (χ0v) is 13.3. The predicted octanol–water partition coefficient (Wildman–Crippen LogP) is 3.71. The molecule has 2 aromatic rings. The van der Waals surface area contributed by atoms with E-state index < -0.39 is 17.3 Å². The second-order valence-corrected chi connectivity index (χ2v) is 6.39. The van der Waals surface area contributed by atoms with Gasteiger partial charge >= 0.3 is 0 Å². The lowest BCUT2D eigenvalue weighted by Gasteiger charge is -2.31. The Morgan fingerprint density at radius 3 is 2.62 bits per heavy atom. The zero-order valence-electron chi connectivity index (χ0n) is 13.3. The van der Waals surface area contributed by atoms with Gasteiger partial charge in [0.15, 0.2) is 5.78 Å². The zero-order chi connectivity index (χ0) is 17.1. The van der Waals surface area contributed by atoms with Crippen LogP contribution in [-0.2, 0) is 4.79 Å². The smallest absolute Gasteiger partial charge is 0.183 e. The molecule has 120 valence electrons. The number of fused-ring (bicyclic) bond motifs is 3. The van der Waals surface area contributed by atoms with Crippen LogP contribution in [0.5, 0.6) is 0 Å². The number of hydrogen-bond acceptors (Lipinski definition) is 3. The van der Waals surface area contributed by atoms with Crippen LogP contribution in [-0.4, -0.2) is 18.1 Å². The molecule has 1 saturated heterocycles. The van der Waals surface area contributed by atoms with Crippen LogP contribution in [0.25, 0.3) is 0 Å². The van der Waals surface area contributed by atoms with Gasteiger partial charge in [-0.2, -0.15) is 0 Å². The molecule has 1 heterocycles. The molecular formula is C20H16FNO2. The summed E-state index contributed by atoms with van der Waals surface area (Å²) in [5.41, 5.74) is 1.13. The van der Waals surface area contributed by atoms with Gasteiger partial charge in [-0.25, -0.2) is 4.39 Å². The Balaban J connectivity index is 2.00. The van der Waals surface area contributed by atoms with E-state index in [2.05, 4.69) is 6.58 Å². The highest BCUT2D eigenvalue weighted by Gasteiger charge is 2.64. The number of ketones is 2. The average Bonchev–Trinajstić information content (AvgIpc) is 3.01. The third-order valence-electron chi connectivity index (χ3n) is 5.19. The number of para-hydroxylation sites is 1. The van der Waals surface area contributed by atoms with E-state index in [-0.39, 0.29) is 11.6 Å². The van der Waals surface area contributed by atoms with Gasteiger partial charge in [0, 0.05) is 17.8 Å². The van der Waals surface area contributed by atoms with Crippen LogP contribution in [0.4, 0.5) is 10.1 Å². The van der Waals surface area contributed by atoms with Crippen LogP contribution in [0.1, 0.15) is 28.9 Å². The number of halogens is 1. The van der Waals surface area contributed by atoms with Crippen molar-refractivity contribution < 1.29 is 14.0 Å². The standard InChI is InChI=1S/C20H16FNO2/c1-12-11-22(15-6-4-3-5-7-15)18-17-10-14(21)8-9-16(17)19(24)20(12,18)13(2)23/h3-10,18H,1,11H2,2H3/t18-,20+/m0/s1. The minimum absolute atomic E-state index is 0.238. The van der Waals surface area contributed by atoms with Gasteiger partial charge < -0.3 is 4.90 Å². The fourth-order valence-electron chi connectivity index (χ4n) is 4.17. The molecule has 2 atom stereocenters. The summed E-state index contributed by atoms with van der Waals surface area (Å²) in [7, 11) is 0. The van der Waals surface area contributed by atoms with E-state index in [1.807, 2.05) is 35.2 Å². The first-order chi connectivity index (χ1) is 11.5. The molecule has 0 saturated carbocycles. The van der Waals surface area contributed by atoms with Gasteiger partial charge in [-0.05, 0) is 48.4 Å². The fraction of sp³-hybridized carbons (Fsp3) is 0.200. The number of carbonyl (C=O) groups is 2. The van der Waals surface area contributed by atoms with Crippen molar-refractivity contribution in [2.75, 3.05) is 11.4 Å². The normalized spacial score (nSPS) is 24.9. The summed E-state index contributed by atoms with van der Waals surface area (Å²) >= 11 is 0. The number of carbonyl (C=O) groups excluding carboxylic acids is 2. The van der Waals surface area contributed by atoms with Gasteiger partial charge in [-0.1, -0.05) is 24.8 Å². The van der Waals surface area contributed by atoms with Crippen LogP contribution >= 0.6 is 0 Å². The molecule has 1 aliphatic carbocycles. The molecule has 3 nitrogen and oxygen atoms in total. The van der Waals surface area contributed by atoms with E-state index in [9.17, 15) is 14.0 Å². The highest BCUT2D eigenvalue weighted by molar-refractivity contribution is 6.21. The number of hydrogen-bond donors (Lipinski definition) is 0. The Labute approximate surface area is 139 Å². The Morgan fingerprint density at radius 1 is 1.25 bits per heavy atom. The maximum Gasteiger partial charge on any atom is 0.183 e. The predicted molar refractivity (Wildman–Crippen MR) is 89.5 cm³/mol. The number of nitrogens with zero attached hydrogens (tertiary/aromatic N) is 1. The van der Waals surface area contributed by atoms with Crippen molar-refractivity contribution in [2.45, 2.75) is 13.0 Å². The van der Waals surface area contributed by atoms with Crippen molar-refractivity contribution >= 4 is 17.3 Å². The summed E-state index contributed by atoms with van der Waals surface area (Å²) in [6.45, 7) is 5.87. The van der Waals surface area contributed by atoms with E-state index in [1.54, 1.807) is 0 Å². The summed E-state index contributed by atoms with van der Waals surface area (Å²) in [5, 5.41) is 0. The third kappa shape index (κ3) is 1.65. The summed E-state index contributed by atoms with van der Waals surface area (Å²) in [4.78, 5) is 27.7. The molecule has 4 heteroatoms. The minimum atomic E-state index is -1.31. The molecule has 0 unspecified atom stereocenters. The van der Waals surface area contributed by atoms with Crippen molar-refractivity contribution in [1.29, 1.82) is 0 Å². The highest BCUT2D eigenvalue weighted by atomic mass is 19.1. The molecule has 0 spiro atoms. The summed E-state index contributed by atoms with van der Waals surface area (Å²) in [6, 6.07) is 13.1. The summed E-state index contributed by atoms with van der Waals surface area (Å²) < 4.78 is 13.9. The molecule has 4 rings (SSSR count). The fourth-order valence-corrected chi connectivity index (χ4v) is 4.17. The van der Waals surface area contributed by atoms with Crippen molar-refractivity contribution in [1.82, 2.24) is 0 Å². The Kier molecular flexibility index (Phi) is 3.01. The second kappa shape index (κ2) is 4.87. The van der Waals surface area contributed by atoms with Gasteiger partial charge in [0.1, 0.15) is 17.0 Å². The topological polar surface area (TPSA) is 37.4 Å². The molecule has 0 amide bonds. The van der Waals surface area contributed by atoms with Gasteiger partial charge in [-0.3, -0.25) is 9.59 Å². The molecular weight excluding hydrogens is 305 g/mol. The summed E-state index contributed by atoms with van der Waals surface area (Å²) in [5.74, 6) is -0.914. The number of rotatable bonds is 2. The lowest BCUT2D eigenvalue weighted by molar-refractivity contribution is -0.122. The molecule has 2 aromatic carbocycles. The largest absolute Gasteiger partial charge is 0.359 e. The Hall–Kier alpha value is -2.75. The van der Waals surface area contributed by atoms with Crippen molar-refractivity contribution in [3.05, 3.63) is 77.6 Å². The number of Topliss-reactive ketones (excluding diaryl/α,β-unsaturated/α-hetero) is 2. The molecule has 1 fully saturated rings. The Morgan fingerprint density at radius 2 is 1.96 bits per heavy atom. The molecule has 24 heavy (non-hydrogen) atoms. The van der Waals surface area contributed by atoms with Gasteiger partial charge in [0.25, 0.3) is 0 Å². The van der Waals surface area contributed by atoms with Crippen molar-refractivity contribution in [3.63, 3.8) is 0 Å². The van der Waals surface area contributed by atoms with E-state index in [0.717, 1.165) is 5.69 Å². The first-order valence-electron chi connectivity index (χ1n) is 7.83. The third-order valence-corrected chi connectivity index (χ3v) is 5.19. The molecule has 1 aliphatic heterocycles. The van der Waals surface area contributed by atoms with Crippen LogP contribution in [0.15, 0.2) is 60.7 Å². The van der Waals surface area contributed by atoms with Crippen LogP contribution < -0.4 is 4.90 Å². The summed E-state index contributed by atoms with van der Waals surface area (Å²) in [6.07, 6.45) is 0. The highest BCUT2D eigenvalue weighted by Crippen LogP contribution is 2.58. The SMILES string of the molecule is C=C1CN(c2ccccc2)[C@H]2c3cc(F)ccc3C(=O)[C@@]12C(C)=O. The van der Waals surface area contributed by atoms with Crippen LogP contribution in [0.3, 0.4) is 0 Å². The maximum absolute atomic E-state index is 13.9. The van der Waals surface area contributed by atoms with Crippen LogP contribution in [0, 0.1) is 11.2 Å². The lowest BCUT2D eigenvalue weighted by Crippen LogP contribution is -2.39. The monoisotopic (exact) mass is 321 g/mol.